The van der Waals surface area contributed by atoms with Crippen LogP contribution in [0.25, 0.3) is 86.2 Å². The van der Waals surface area contributed by atoms with Gasteiger partial charge in [-0.05, 0) is 126 Å². The average molecular weight is 808 g/mol. The van der Waals surface area contributed by atoms with Crippen LogP contribution < -0.4 is 4.90 Å². The first-order valence-electron chi connectivity index (χ1n) is 21.7. The molecule has 0 saturated heterocycles. The van der Waals surface area contributed by atoms with Crippen LogP contribution in [-0.2, 0) is 11.8 Å². The summed E-state index contributed by atoms with van der Waals surface area (Å²) in [7, 11) is 0. The quantitative estimate of drug-likeness (QED) is 0.167. The van der Waals surface area contributed by atoms with Crippen LogP contribution in [0.3, 0.4) is 0 Å². The molecule has 0 unspecified atom stereocenters. The minimum atomic E-state index is -0.133. The number of para-hydroxylation sites is 1. The summed E-state index contributed by atoms with van der Waals surface area (Å²) < 4.78 is 2.64. The van der Waals surface area contributed by atoms with Gasteiger partial charge in [-0.2, -0.15) is 0 Å². The lowest BCUT2D eigenvalue weighted by Crippen LogP contribution is -2.16. The molecular formula is C60H41NS. The molecule has 1 nitrogen and oxygen atoms in total. The van der Waals surface area contributed by atoms with Crippen molar-refractivity contribution in [2.45, 2.75) is 25.7 Å². The van der Waals surface area contributed by atoms with Gasteiger partial charge in [-0.1, -0.05) is 172 Å². The Bertz CT molecular complexity index is 3660. The van der Waals surface area contributed by atoms with Crippen molar-refractivity contribution in [1.29, 1.82) is 0 Å². The largest absolute Gasteiger partial charge is 0.309 e. The van der Waals surface area contributed by atoms with Crippen molar-refractivity contribution >= 4 is 70.1 Å². The van der Waals surface area contributed by atoms with E-state index in [1.54, 1.807) is 0 Å². The molecule has 0 radical (unpaired) electrons. The van der Waals surface area contributed by atoms with Gasteiger partial charge in [0.1, 0.15) is 0 Å². The Hall–Kier alpha value is -7.26. The molecular weight excluding hydrogens is 767 g/mol. The molecule has 0 spiro atoms. The SMILES string of the molecule is CC1(C)c2ccccc2-c2c(N(c3ccc4cc(-c5cccc6c5-c5ccccc5C6)ccc4c3)c3ccccc3-c3cccc4ccc5sc6ccccc6c5c34)cccc21. The van der Waals surface area contributed by atoms with Gasteiger partial charge in [0.25, 0.3) is 0 Å². The van der Waals surface area contributed by atoms with Crippen LogP contribution in [0.4, 0.5) is 17.1 Å². The van der Waals surface area contributed by atoms with E-state index in [4.69, 9.17) is 0 Å². The fourth-order valence-corrected chi connectivity index (χ4v) is 12.1. The van der Waals surface area contributed by atoms with Crippen molar-refractivity contribution in [3.8, 4) is 44.5 Å². The van der Waals surface area contributed by atoms with Gasteiger partial charge in [-0.3, -0.25) is 0 Å². The van der Waals surface area contributed by atoms with Crippen LogP contribution in [0.5, 0.6) is 0 Å². The second-order valence-corrected chi connectivity index (χ2v) is 18.7. The van der Waals surface area contributed by atoms with Crippen LogP contribution in [0.2, 0.25) is 0 Å². The molecule has 0 bridgehead atoms. The number of thiophene rings is 1. The molecule has 0 atom stereocenters. The normalized spacial score (nSPS) is 13.4. The molecule has 292 valence electrons. The molecule has 13 rings (SSSR count). The van der Waals surface area contributed by atoms with Gasteiger partial charge in [0.15, 0.2) is 0 Å². The lowest BCUT2D eigenvalue weighted by molar-refractivity contribution is 0.660. The van der Waals surface area contributed by atoms with Gasteiger partial charge >= 0.3 is 0 Å². The molecule has 0 N–H and O–H groups in total. The molecule has 0 saturated carbocycles. The number of hydrogen-bond donors (Lipinski definition) is 0. The summed E-state index contributed by atoms with van der Waals surface area (Å²) in [6, 6.07) is 75.2. The Balaban J connectivity index is 1.04. The van der Waals surface area contributed by atoms with Gasteiger partial charge in [0, 0.05) is 42.4 Å². The molecule has 11 aromatic rings. The molecule has 2 aliphatic rings. The molecule has 2 aliphatic carbocycles. The molecule has 1 heterocycles. The van der Waals surface area contributed by atoms with E-state index in [0.29, 0.717) is 0 Å². The second kappa shape index (κ2) is 13.4. The number of nitrogens with zero attached hydrogens (tertiary/aromatic N) is 1. The number of rotatable bonds is 5. The minimum absolute atomic E-state index is 0.133. The van der Waals surface area contributed by atoms with Gasteiger partial charge in [-0.25, -0.2) is 0 Å². The lowest BCUT2D eigenvalue weighted by atomic mass is 9.82. The monoisotopic (exact) mass is 807 g/mol. The third kappa shape index (κ3) is 5.14. The van der Waals surface area contributed by atoms with Crippen LogP contribution >= 0.6 is 11.3 Å². The van der Waals surface area contributed by atoms with Crippen molar-refractivity contribution in [2.75, 3.05) is 4.90 Å². The summed E-state index contributed by atoms with van der Waals surface area (Å²) in [6.45, 7) is 4.75. The summed E-state index contributed by atoms with van der Waals surface area (Å²) in [5, 5.41) is 7.66. The molecule has 0 fully saturated rings. The zero-order chi connectivity index (χ0) is 41.1. The van der Waals surface area contributed by atoms with Crippen molar-refractivity contribution in [3.05, 3.63) is 222 Å². The lowest BCUT2D eigenvalue weighted by Gasteiger charge is -2.31. The van der Waals surface area contributed by atoms with E-state index < -0.39 is 0 Å². The fraction of sp³-hybridized carbons (Fsp3) is 0.0667. The zero-order valence-electron chi connectivity index (χ0n) is 34.6. The Morgan fingerprint density at radius 1 is 0.419 bits per heavy atom. The highest BCUT2D eigenvalue weighted by molar-refractivity contribution is 7.26. The second-order valence-electron chi connectivity index (χ2n) is 17.6. The maximum absolute atomic E-state index is 2.55. The van der Waals surface area contributed by atoms with Gasteiger partial charge in [-0.15, -0.1) is 11.3 Å². The third-order valence-electron chi connectivity index (χ3n) is 13.9. The van der Waals surface area contributed by atoms with E-state index in [0.717, 1.165) is 17.8 Å². The summed E-state index contributed by atoms with van der Waals surface area (Å²) >= 11 is 1.88. The molecule has 2 heteroatoms. The van der Waals surface area contributed by atoms with Crippen molar-refractivity contribution in [3.63, 3.8) is 0 Å². The van der Waals surface area contributed by atoms with Crippen LogP contribution in [0.15, 0.2) is 200 Å². The van der Waals surface area contributed by atoms with Gasteiger partial charge in [0.05, 0.1) is 11.4 Å². The van der Waals surface area contributed by atoms with Crippen molar-refractivity contribution in [2.24, 2.45) is 0 Å². The van der Waals surface area contributed by atoms with Crippen LogP contribution in [0, 0.1) is 0 Å². The van der Waals surface area contributed by atoms with Gasteiger partial charge in [0.2, 0.25) is 0 Å². The summed E-state index contributed by atoms with van der Waals surface area (Å²) in [4.78, 5) is 2.55. The van der Waals surface area contributed by atoms with E-state index >= 15 is 0 Å². The van der Waals surface area contributed by atoms with Crippen LogP contribution in [0.1, 0.15) is 36.1 Å². The first kappa shape index (κ1) is 35.5. The molecule has 0 aliphatic heterocycles. The molecule has 10 aromatic carbocycles. The van der Waals surface area contributed by atoms with Crippen molar-refractivity contribution < 1.29 is 0 Å². The summed E-state index contributed by atoms with van der Waals surface area (Å²) in [6.07, 6.45) is 0.992. The Labute approximate surface area is 365 Å². The highest BCUT2D eigenvalue weighted by Gasteiger charge is 2.38. The average Bonchev–Trinajstić information content (AvgIpc) is 3.97. The first-order valence-corrected chi connectivity index (χ1v) is 22.5. The standard InChI is InChI=1S/C60H41NS/c1-60(2)50-23-8-5-19-48(50)58-51(60)24-13-26-53(58)61(43-32-30-38-34-41(29-28-39(38)36-43)45-21-12-16-42-35-40-14-3-4-17-44(40)56(42)45)52-25-9-6-18-46(52)47-22-11-15-37-31-33-55-59(57(37)47)49-20-7-10-27-54(49)62-55/h3-34,36H,35H2,1-2H3. The summed E-state index contributed by atoms with van der Waals surface area (Å²) in [5.74, 6) is 0. The maximum atomic E-state index is 2.55. The summed E-state index contributed by atoms with van der Waals surface area (Å²) in [5.41, 5.74) is 19.3. The third-order valence-corrected chi connectivity index (χ3v) is 15.0. The Morgan fingerprint density at radius 3 is 2.02 bits per heavy atom. The minimum Gasteiger partial charge on any atom is -0.309 e. The van der Waals surface area contributed by atoms with E-state index in [2.05, 4.69) is 219 Å². The van der Waals surface area contributed by atoms with Crippen LogP contribution in [-0.4, -0.2) is 0 Å². The topological polar surface area (TPSA) is 3.24 Å². The predicted octanol–water partition coefficient (Wildman–Crippen LogP) is 17.0. The zero-order valence-corrected chi connectivity index (χ0v) is 35.4. The van der Waals surface area contributed by atoms with E-state index in [1.807, 2.05) is 11.3 Å². The highest BCUT2D eigenvalue weighted by Crippen LogP contribution is 2.56. The number of anilines is 3. The Kier molecular flexibility index (Phi) is 7.65. The highest BCUT2D eigenvalue weighted by atomic mass is 32.1. The molecule has 62 heavy (non-hydrogen) atoms. The molecule has 1 aromatic heterocycles. The first-order chi connectivity index (χ1) is 30.5. The molecule has 0 amide bonds. The van der Waals surface area contributed by atoms with E-state index in [-0.39, 0.29) is 5.41 Å². The number of fused-ring (bicyclic) bond motifs is 12. The van der Waals surface area contributed by atoms with Gasteiger partial charge < -0.3 is 4.90 Å². The maximum Gasteiger partial charge on any atom is 0.0543 e. The smallest absolute Gasteiger partial charge is 0.0543 e. The Morgan fingerprint density at radius 2 is 1.08 bits per heavy atom. The van der Waals surface area contributed by atoms with Crippen molar-refractivity contribution in [1.82, 2.24) is 0 Å². The predicted molar refractivity (Wildman–Crippen MR) is 266 cm³/mol. The van der Waals surface area contributed by atoms with E-state index in [9.17, 15) is 0 Å². The van der Waals surface area contributed by atoms with E-state index in [1.165, 1.54) is 114 Å². The number of benzene rings is 10. The number of hydrogen-bond acceptors (Lipinski definition) is 2. The fourth-order valence-electron chi connectivity index (χ4n) is 11.0.